The van der Waals surface area contributed by atoms with Crippen molar-refractivity contribution in [1.29, 1.82) is 0 Å². The lowest BCUT2D eigenvalue weighted by Crippen LogP contribution is -2.16. The molecule has 4 rings (SSSR count). The van der Waals surface area contributed by atoms with Gasteiger partial charge < -0.3 is 9.47 Å². The second-order valence-electron chi connectivity index (χ2n) is 6.31. The standard InChI is InChI=1S/C22H19N3O3S/c1-3-6-15-7-4-5-8-19(15)28-14-17-13-20(26)25-22(23-17)29-21(24-25)16-9-11-18(27-2)12-10-16/h3-5,7-13H,1,6,14H2,2H3. The van der Waals surface area contributed by atoms with E-state index in [0.717, 1.165) is 22.6 Å². The normalized spacial score (nSPS) is 10.8. The van der Waals surface area contributed by atoms with Gasteiger partial charge in [0.25, 0.3) is 5.56 Å². The van der Waals surface area contributed by atoms with Crippen molar-refractivity contribution in [3.05, 3.63) is 88.9 Å². The molecule has 0 aliphatic rings. The Morgan fingerprint density at radius 1 is 1.17 bits per heavy atom. The smallest absolute Gasteiger partial charge is 0.275 e. The van der Waals surface area contributed by atoms with Crippen LogP contribution in [0.3, 0.4) is 0 Å². The van der Waals surface area contributed by atoms with Gasteiger partial charge in [0.1, 0.15) is 23.1 Å². The lowest BCUT2D eigenvalue weighted by atomic mass is 10.1. The van der Waals surface area contributed by atoms with Crippen LogP contribution in [-0.4, -0.2) is 21.7 Å². The summed E-state index contributed by atoms with van der Waals surface area (Å²) in [6, 6.07) is 16.8. The van der Waals surface area contributed by atoms with E-state index in [0.29, 0.717) is 22.1 Å². The van der Waals surface area contributed by atoms with Crippen LogP contribution in [0.4, 0.5) is 0 Å². The predicted octanol–water partition coefficient (Wildman–Crippen LogP) is 4.13. The number of hydrogen-bond donors (Lipinski definition) is 0. The van der Waals surface area contributed by atoms with Crippen molar-refractivity contribution in [2.45, 2.75) is 13.0 Å². The second kappa shape index (κ2) is 8.28. The quantitative estimate of drug-likeness (QED) is 0.433. The van der Waals surface area contributed by atoms with Crippen LogP contribution in [0.25, 0.3) is 15.5 Å². The minimum atomic E-state index is -0.232. The number of aromatic nitrogens is 3. The summed E-state index contributed by atoms with van der Waals surface area (Å²) in [5.41, 5.74) is 2.27. The summed E-state index contributed by atoms with van der Waals surface area (Å²) in [7, 11) is 1.62. The number of rotatable bonds is 7. The van der Waals surface area contributed by atoms with E-state index < -0.39 is 0 Å². The molecule has 0 aliphatic heterocycles. The molecule has 7 heteroatoms. The molecule has 4 aromatic rings. The van der Waals surface area contributed by atoms with Gasteiger partial charge in [-0.25, -0.2) is 4.98 Å². The Morgan fingerprint density at radius 3 is 2.72 bits per heavy atom. The van der Waals surface area contributed by atoms with E-state index in [-0.39, 0.29) is 12.2 Å². The minimum absolute atomic E-state index is 0.204. The van der Waals surface area contributed by atoms with E-state index in [1.807, 2.05) is 54.6 Å². The molecule has 29 heavy (non-hydrogen) atoms. The Balaban J connectivity index is 1.60. The van der Waals surface area contributed by atoms with E-state index in [2.05, 4.69) is 16.7 Å². The molecule has 6 nitrogen and oxygen atoms in total. The van der Waals surface area contributed by atoms with E-state index in [1.54, 1.807) is 7.11 Å². The molecule has 0 saturated carbocycles. The topological polar surface area (TPSA) is 65.7 Å². The molecule has 0 N–H and O–H groups in total. The maximum Gasteiger partial charge on any atom is 0.275 e. The number of fused-ring (bicyclic) bond motifs is 1. The SMILES string of the molecule is C=CCc1ccccc1OCc1cc(=O)n2nc(-c3ccc(OC)cc3)sc2n1. The van der Waals surface area contributed by atoms with Crippen LogP contribution in [0.15, 0.2) is 72.0 Å². The van der Waals surface area contributed by atoms with Gasteiger partial charge in [0.05, 0.1) is 12.8 Å². The third kappa shape index (κ3) is 4.05. The molecule has 0 radical (unpaired) electrons. The molecule has 0 bridgehead atoms. The number of nitrogens with zero attached hydrogens (tertiary/aromatic N) is 3. The second-order valence-corrected chi connectivity index (χ2v) is 7.26. The summed E-state index contributed by atoms with van der Waals surface area (Å²) in [6.07, 6.45) is 2.54. The number of methoxy groups -OCH3 is 1. The van der Waals surface area contributed by atoms with Gasteiger partial charge >= 0.3 is 0 Å². The summed E-state index contributed by atoms with van der Waals surface area (Å²) in [4.78, 5) is 17.6. The molecule has 2 heterocycles. The van der Waals surface area contributed by atoms with Crippen LogP contribution in [-0.2, 0) is 13.0 Å². The summed E-state index contributed by atoms with van der Waals surface area (Å²) < 4.78 is 12.4. The molecule has 2 aromatic heterocycles. The van der Waals surface area contributed by atoms with E-state index >= 15 is 0 Å². The van der Waals surface area contributed by atoms with Crippen molar-refractivity contribution in [3.8, 4) is 22.1 Å². The number of allylic oxidation sites excluding steroid dienone is 1. The number of para-hydroxylation sites is 1. The van der Waals surface area contributed by atoms with Gasteiger partial charge in [0, 0.05) is 11.6 Å². The monoisotopic (exact) mass is 405 g/mol. The third-order valence-electron chi connectivity index (χ3n) is 4.35. The van der Waals surface area contributed by atoms with Gasteiger partial charge in [0.15, 0.2) is 0 Å². The average Bonchev–Trinajstić information content (AvgIpc) is 3.18. The predicted molar refractivity (Wildman–Crippen MR) is 114 cm³/mol. The fourth-order valence-electron chi connectivity index (χ4n) is 2.90. The van der Waals surface area contributed by atoms with Crippen molar-refractivity contribution in [2.24, 2.45) is 0 Å². The lowest BCUT2D eigenvalue weighted by Gasteiger charge is -2.09. The molecule has 0 spiro atoms. The molecule has 0 amide bonds. The highest BCUT2D eigenvalue weighted by Crippen LogP contribution is 2.26. The van der Waals surface area contributed by atoms with Gasteiger partial charge in [-0.3, -0.25) is 4.79 Å². The summed E-state index contributed by atoms with van der Waals surface area (Å²) in [6.45, 7) is 3.98. The molecule has 2 aromatic carbocycles. The molecule has 0 unspecified atom stereocenters. The molecule has 0 fully saturated rings. The molecule has 0 saturated heterocycles. The molecule has 0 atom stereocenters. The largest absolute Gasteiger partial charge is 0.497 e. The first-order valence-corrected chi connectivity index (χ1v) is 9.85. The van der Waals surface area contributed by atoms with Crippen LogP contribution in [0.2, 0.25) is 0 Å². The Morgan fingerprint density at radius 2 is 1.97 bits per heavy atom. The molecular weight excluding hydrogens is 386 g/mol. The van der Waals surface area contributed by atoms with Crippen LogP contribution in [0.1, 0.15) is 11.3 Å². The highest BCUT2D eigenvalue weighted by atomic mass is 32.1. The fourth-order valence-corrected chi connectivity index (χ4v) is 3.83. The van der Waals surface area contributed by atoms with Crippen LogP contribution < -0.4 is 15.0 Å². The van der Waals surface area contributed by atoms with Crippen molar-refractivity contribution >= 4 is 16.3 Å². The maximum absolute atomic E-state index is 12.5. The Hall–Kier alpha value is -3.45. The van der Waals surface area contributed by atoms with Crippen molar-refractivity contribution in [1.82, 2.24) is 14.6 Å². The average molecular weight is 405 g/mol. The van der Waals surface area contributed by atoms with Gasteiger partial charge in [-0.2, -0.15) is 9.61 Å². The highest BCUT2D eigenvalue weighted by Gasteiger charge is 2.12. The minimum Gasteiger partial charge on any atom is -0.497 e. The molecule has 146 valence electrons. The fraction of sp³-hybridized carbons (Fsp3) is 0.136. The first-order valence-electron chi connectivity index (χ1n) is 9.04. The van der Waals surface area contributed by atoms with Crippen molar-refractivity contribution in [2.75, 3.05) is 7.11 Å². The number of hydrogen-bond acceptors (Lipinski definition) is 6. The van der Waals surface area contributed by atoms with Crippen molar-refractivity contribution < 1.29 is 9.47 Å². The van der Waals surface area contributed by atoms with Gasteiger partial charge in [-0.05, 0) is 42.3 Å². The summed E-state index contributed by atoms with van der Waals surface area (Å²) in [5, 5.41) is 5.12. The zero-order valence-corrected chi connectivity index (χ0v) is 16.7. The van der Waals surface area contributed by atoms with E-state index in [9.17, 15) is 4.79 Å². The Labute approximate surface area is 171 Å². The summed E-state index contributed by atoms with van der Waals surface area (Å²) in [5.74, 6) is 1.53. The van der Waals surface area contributed by atoms with Crippen LogP contribution in [0, 0.1) is 0 Å². The molecular formula is C22H19N3O3S. The molecule has 0 aliphatic carbocycles. The zero-order valence-electron chi connectivity index (χ0n) is 15.9. The first kappa shape index (κ1) is 18.9. The van der Waals surface area contributed by atoms with E-state index in [4.69, 9.17) is 9.47 Å². The van der Waals surface area contributed by atoms with Crippen LogP contribution >= 0.6 is 11.3 Å². The Bertz CT molecular complexity index is 1210. The van der Waals surface area contributed by atoms with Gasteiger partial charge in [0.2, 0.25) is 4.96 Å². The number of benzene rings is 2. The van der Waals surface area contributed by atoms with Gasteiger partial charge in [-0.15, -0.1) is 6.58 Å². The maximum atomic E-state index is 12.5. The van der Waals surface area contributed by atoms with E-state index in [1.165, 1.54) is 21.9 Å². The summed E-state index contributed by atoms with van der Waals surface area (Å²) >= 11 is 1.36. The first-order chi connectivity index (χ1) is 14.2. The van der Waals surface area contributed by atoms with Gasteiger partial charge in [-0.1, -0.05) is 35.6 Å². The third-order valence-corrected chi connectivity index (χ3v) is 5.30. The zero-order chi connectivity index (χ0) is 20.2. The lowest BCUT2D eigenvalue weighted by molar-refractivity contribution is 0.298. The van der Waals surface area contributed by atoms with Crippen LogP contribution in [0.5, 0.6) is 11.5 Å². The number of ether oxygens (including phenoxy) is 2. The van der Waals surface area contributed by atoms with Crippen molar-refractivity contribution in [3.63, 3.8) is 0 Å². The Kier molecular flexibility index (Phi) is 5.39. The highest BCUT2D eigenvalue weighted by molar-refractivity contribution is 7.19.